The first-order chi connectivity index (χ1) is 9.70. The molecule has 1 aliphatic rings. The molecule has 1 heterocycles. The third kappa shape index (κ3) is 1.88. The highest BCUT2D eigenvalue weighted by molar-refractivity contribution is 7.82. The molecule has 0 radical (unpaired) electrons. The van der Waals surface area contributed by atoms with E-state index in [1.54, 1.807) is 24.3 Å². The lowest BCUT2D eigenvalue weighted by atomic mass is 10.3. The van der Waals surface area contributed by atoms with Crippen LogP contribution in [0.15, 0.2) is 60.7 Å². The minimum atomic E-state index is -0.322. The summed E-state index contributed by atoms with van der Waals surface area (Å²) in [6, 6.07) is 17.9. The van der Waals surface area contributed by atoms with Crippen molar-refractivity contribution in [3.63, 3.8) is 0 Å². The number of nitrogens with zero attached hydrogens (tertiary/aromatic N) is 2. The van der Waals surface area contributed by atoms with Gasteiger partial charge in [-0.2, -0.15) is 0 Å². The van der Waals surface area contributed by atoms with Crippen LogP contribution in [0.2, 0.25) is 0 Å². The van der Waals surface area contributed by atoms with Gasteiger partial charge in [-0.25, -0.2) is 14.6 Å². The smallest absolute Gasteiger partial charge is 0.281 e. The van der Waals surface area contributed by atoms with Crippen molar-refractivity contribution in [1.82, 2.24) is 0 Å². The number of anilines is 2. The van der Waals surface area contributed by atoms with Gasteiger partial charge in [0.1, 0.15) is 0 Å². The number of carbonyl (C=O) groups is 1. The maximum absolute atomic E-state index is 12.6. The number of urea groups is 1. The summed E-state index contributed by atoms with van der Waals surface area (Å²) in [7, 11) is 0. The quantitative estimate of drug-likeness (QED) is 0.857. The van der Waals surface area contributed by atoms with Gasteiger partial charge in [0.05, 0.1) is 11.4 Å². The molecular formula is C15H11N3OS. The van der Waals surface area contributed by atoms with Crippen molar-refractivity contribution in [2.24, 2.45) is 0 Å². The second kappa shape index (κ2) is 4.86. The molecule has 0 saturated carbocycles. The Labute approximate surface area is 121 Å². The van der Waals surface area contributed by atoms with E-state index < -0.39 is 0 Å². The molecular weight excluding hydrogens is 270 g/mol. The standard InChI is InChI=1S/C15H11N3OS/c16-13-14(20)18(12-9-5-2-6-10-12)15(19)17(13)11-7-3-1-4-8-11/h1-10,16H. The number of hydrogen-bond donors (Lipinski definition) is 1. The van der Waals surface area contributed by atoms with Crippen molar-refractivity contribution in [1.29, 1.82) is 5.41 Å². The van der Waals surface area contributed by atoms with Crippen LogP contribution in [-0.2, 0) is 0 Å². The van der Waals surface area contributed by atoms with Gasteiger partial charge in [-0.05, 0) is 24.3 Å². The number of amidine groups is 1. The van der Waals surface area contributed by atoms with Crippen LogP contribution < -0.4 is 9.80 Å². The predicted molar refractivity (Wildman–Crippen MR) is 83.6 cm³/mol. The zero-order valence-electron chi connectivity index (χ0n) is 10.5. The zero-order chi connectivity index (χ0) is 14.1. The first-order valence-corrected chi connectivity index (χ1v) is 6.48. The van der Waals surface area contributed by atoms with Gasteiger partial charge in [-0.15, -0.1) is 0 Å². The fourth-order valence-corrected chi connectivity index (χ4v) is 2.38. The summed E-state index contributed by atoms with van der Waals surface area (Å²) < 4.78 is 0. The summed E-state index contributed by atoms with van der Waals surface area (Å²) in [4.78, 5) is 15.5. The number of nitrogens with one attached hydrogen (secondary N) is 1. The minimum Gasteiger partial charge on any atom is -0.281 e. The molecule has 0 aliphatic carbocycles. The topological polar surface area (TPSA) is 47.4 Å². The molecule has 2 aromatic rings. The maximum atomic E-state index is 12.6. The Morgan fingerprint density at radius 1 is 0.800 bits per heavy atom. The lowest BCUT2D eigenvalue weighted by Crippen LogP contribution is -2.33. The summed E-state index contributed by atoms with van der Waals surface area (Å²) in [6.07, 6.45) is 0. The van der Waals surface area contributed by atoms with Crippen LogP contribution in [0, 0.1) is 5.41 Å². The third-order valence-corrected chi connectivity index (χ3v) is 3.42. The molecule has 2 aromatic carbocycles. The second-order valence-electron chi connectivity index (χ2n) is 4.28. The Morgan fingerprint density at radius 2 is 1.25 bits per heavy atom. The molecule has 98 valence electrons. The van der Waals surface area contributed by atoms with Crippen molar-refractivity contribution >= 4 is 40.4 Å². The number of amides is 2. The van der Waals surface area contributed by atoms with E-state index in [9.17, 15) is 4.79 Å². The highest BCUT2D eigenvalue weighted by atomic mass is 32.1. The SMILES string of the molecule is N=C1C(=S)N(c2ccccc2)C(=O)N1c1ccccc1. The first kappa shape index (κ1) is 12.5. The number of para-hydroxylation sites is 2. The molecule has 3 rings (SSSR count). The molecule has 0 atom stereocenters. The van der Waals surface area contributed by atoms with Gasteiger partial charge >= 0.3 is 6.03 Å². The number of carbonyl (C=O) groups excluding carboxylic acids is 1. The molecule has 0 spiro atoms. The first-order valence-electron chi connectivity index (χ1n) is 6.07. The molecule has 1 saturated heterocycles. The van der Waals surface area contributed by atoms with E-state index in [-0.39, 0.29) is 16.9 Å². The fourth-order valence-electron chi connectivity index (χ4n) is 2.11. The number of benzene rings is 2. The van der Waals surface area contributed by atoms with E-state index >= 15 is 0 Å². The molecule has 0 unspecified atom stereocenters. The summed E-state index contributed by atoms with van der Waals surface area (Å²) in [6.45, 7) is 0. The van der Waals surface area contributed by atoms with E-state index in [4.69, 9.17) is 17.6 Å². The van der Waals surface area contributed by atoms with Crippen LogP contribution in [0.1, 0.15) is 0 Å². The van der Waals surface area contributed by atoms with E-state index in [1.165, 1.54) is 9.80 Å². The third-order valence-electron chi connectivity index (χ3n) is 3.04. The lowest BCUT2D eigenvalue weighted by Gasteiger charge is -2.16. The van der Waals surface area contributed by atoms with Crippen molar-refractivity contribution in [2.75, 3.05) is 9.80 Å². The van der Waals surface area contributed by atoms with Gasteiger partial charge in [0, 0.05) is 0 Å². The highest BCUT2D eigenvalue weighted by Crippen LogP contribution is 2.27. The summed E-state index contributed by atoms with van der Waals surface area (Å²) in [5.74, 6) is 0.0278. The summed E-state index contributed by atoms with van der Waals surface area (Å²) >= 11 is 5.24. The fraction of sp³-hybridized carbons (Fsp3) is 0. The maximum Gasteiger partial charge on any atom is 0.340 e. The van der Waals surface area contributed by atoms with Crippen LogP contribution in [0.25, 0.3) is 0 Å². The largest absolute Gasteiger partial charge is 0.340 e. The molecule has 20 heavy (non-hydrogen) atoms. The summed E-state index contributed by atoms with van der Waals surface area (Å²) in [5, 5.41) is 8.08. The van der Waals surface area contributed by atoms with E-state index in [0.717, 1.165) is 0 Å². The van der Waals surface area contributed by atoms with Crippen molar-refractivity contribution < 1.29 is 4.79 Å². The average Bonchev–Trinajstić information content (AvgIpc) is 2.71. The molecule has 1 fully saturated rings. The van der Waals surface area contributed by atoms with E-state index in [2.05, 4.69) is 0 Å². The van der Waals surface area contributed by atoms with Crippen LogP contribution in [0.4, 0.5) is 16.2 Å². The number of thiocarbonyl (C=S) groups is 1. The van der Waals surface area contributed by atoms with Gasteiger partial charge in [-0.3, -0.25) is 5.41 Å². The molecule has 5 heteroatoms. The Hall–Kier alpha value is -2.53. The van der Waals surface area contributed by atoms with Crippen LogP contribution >= 0.6 is 12.2 Å². The van der Waals surface area contributed by atoms with Gasteiger partial charge < -0.3 is 0 Å². The van der Waals surface area contributed by atoms with Crippen LogP contribution in [-0.4, -0.2) is 16.9 Å². The van der Waals surface area contributed by atoms with Crippen molar-refractivity contribution in [3.05, 3.63) is 60.7 Å². The number of hydrogen-bond acceptors (Lipinski definition) is 3. The molecule has 2 amide bonds. The molecule has 1 aliphatic heterocycles. The van der Waals surface area contributed by atoms with Gasteiger partial charge in [0.2, 0.25) is 0 Å². The zero-order valence-corrected chi connectivity index (χ0v) is 11.3. The van der Waals surface area contributed by atoms with Crippen LogP contribution in [0.3, 0.4) is 0 Å². The lowest BCUT2D eigenvalue weighted by molar-refractivity contribution is 0.257. The normalized spacial score (nSPS) is 15.1. The Balaban J connectivity index is 2.03. The molecule has 0 bridgehead atoms. The molecule has 1 N–H and O–H groups in total. The predicted octanol–water partition coefficient (Wildman–Crippen LogP) is 3.44. The van der Waals surface area contributed by atoms with Crippen molar-refractivity contribution in [2.45, 2.75) is 0 Å². The van der Waals surface area contributed by atoms with Gasteiger partial charge in [-0.1, -0.05) is 48.6 Å². The molecule has 4 nitrogen and oxygen atoms in total. The Bertz CT molecular complexity index is 625. The van der Waals surface area contributed by atoms with E-state index in [0.29, 0.717) is 11.4 Å². The average molecular weight is 281 g/mol. The minimum absolute atomic E-state index is 0.0278. The monoisotopic (exact) mass is 281 g/mol. The number of rotatable bonds is 2. The summed E-state index contributed by atoms with van der Waals surface area (Å²) in [5.41, 5.74) is 1.31. The highest BCUT2D eigenvalue weighted by Gasteiger charge is 2.40. The van der Waals surface area contributed by atoms with Crippen molar-refractivity contribution in [3.8, 4) is 0 Å². The van der Waals surface area contributed by atoms with E-state index in [1.807, 2.05) is 36.4 Å². The Morgan fingerprint density at radius 3 is 1.75 bits per heavy atom. The second-order valence-corrected chi connectivity index (χ2v) is 4.66. The Kier molecular flexibility index (Phi) is 3.04. The van der Waals surface area contributed by atoms with Gasteiger partial charge in [0.25, 0.3) is 0 Å². The molecule has 0 aromatic heterocycles. The van der Waals surface area contributed by atoms with Gasteiger partial charge in [0.15, 0.2) is 10.8 Å². The van der Waals surface area contributed by atoms with Crippen LogP contribution in [0.5, 0.6) is 0 Å².